The highest BCUT2D eigenvalue weighted by Crippen LogP contribution is 2.24. The molecule has 5 heteroatoms. The number of aromatic nitrogens is 2. The van der Waals surface area contributed by atoms with Crippen LogP contribution in [0.5, 0.6) is 5.75 Å². The third-order valence-corrected chi connectivity index (χ3v) is 2.85. The van der Waals surface area contributed by atoms with Gasteiger partial charge in [-0.15, -0.1) is 0 Å². The predicted octanol–water partition coefficient (Wildman–Crippen LogP) is 2.07. The molecule has 19 heavy (non-hydrogen) atoms. The molecule has 0 saturated heterocycles. The van der Waals surface area contributed by atoms with Crippen LogP contribution < -0.4 is 10.5 Å². The van der Waals surface area contributed by atoms with Crippen LogP contribution in [0.3, 0.4) is 0 Å². The van der Waals surface area contributed by atoms with Gasteiger partial charge in [0.1, 0.15) is 23.8 Å². The van der Waals surface area contributed by atoms with E-state index in [0.717, 1.165) is 11.3 Å². The van der Waals surface area contributed by atoms with Crippen molar-refractivity contribution in [3.05, 3.63) is 47.3 Å². The molecule has 0 aliphatic heterocycles. The summed E-state index contributed by atoms with van der Waals surface area (Å²) in [5.41, 5.74) is 7.99. The lowest BCUT2D eigenvalue weighted by molar-refractivity contribution is 0.303. The molecule has 2 rings (SSSR count). The van der Waals surface area contributed by atoms with Crippen LogP contribution in [0.4, 0.5) is 0 Å². The highest BCUT2D eigenvalue weighted by Gasteiger charge is 2.18. The summed E-state index contributed by atoms with van der Waals surface area (Å²) in [7, 11) is 0. The molecule has 0 saturated carbocycles. The van der Waals surface area contributed by atoms with E-state index in [1.807, 2.05) is 44.2 Å². The summed E-state index contributed by atoms with van der Waals surface area (Å²) in [4.78, 5) is 0. The van der Waals surface area contributed by atoms with Crippen LogP contribution in [0.25, 0.3) is 0 Å². The van der Waals surface area contributed by atoms with E-state index in [2.05, 4.69) is 5.10 Å². The summed E-state index contributed by atoms with van der Waals surface area (Å²) in [6, 6.07) is 9.88. The second-order valence-corrected chi connectivity index (χ2v) is 4.27. The van der Waals surface area contributed by atoms with Crippen LogP contribution in [-0.2, 0) is 13.2 Å². The maximum Gasteiger partial charge on any atom is 0.171 e. The van der Waals surface area contributed by atoms with Gasteiger partial charge in [0.25, 0.3) is 0 Å². The van der Waals surface area contributed by atoms with Gasteiger partial charge in [0, 0.05) is 6.54 Å². The fourth-order valence-corrected chi connectivity index (χ4v) is 1.96. The summed E-state index contributed by atoms with van der Waals surface area (Å²) in [5.74, 6) is 0.573. The Balaban J connectivity index is 2.25. The first-order chi connectivity index (χ1) is 9.13. The number of rotatable bonds is 5. The number of ether oxygens (including phenoxy) is 1. The zero-order valence-corrected chi connectivity index (χ0v) is 11.2. The van der Waals surface area contributed by atoms with Crippen LogP contribution >= 0.6 is 0 Å². The van der Waals surface area contributed by atoms with Gasteiger partial charge in [-0.1, -0.05) is 30.3 Å². The zero-order valence-electron chi connectivity index (χ0n) is 11.2. The van der Waals surface area contributed by atoms with Crippen molar-refractivity contribution in [1.82, 2.24) is 9.78 Å². The Kier molecular flexibility index (Phi) is 3.85. The number of nitrogens with one attached hydrogen (secondary N) is 1. The first kappa shape index (κ1) is 13.1. The topological polar surface area (TPSA) is 76.9 Å². The molecule has 3 N–H and O–H groups in total. The van der Waals surface area contributed by atoms with Crippen molar-refractivity contribution in [2.24, 2.45) is 5.73 Å². The van der Waals surface area contributed by atoms with Crippen molar-refractivity contribution in [1.29, 1.82) is 5.41 Å². The number of nitrogen functional groups attached to an aromatic ring is 1. The third-order valence-electron chi connectivity index (χ3n) is 2.85. The van der Waals surface area contributed by atoms with Crippen molar-refractivity contribution < 1.29 is 4.74 Å². The van der Waals surface area contributed by atoms with Crippen molar-refractivity contribution in [3.63, 3.8) is 0 Å². The van der Waals surface area contributed by atoms with Crippen LogP contribution in [0.1, 0.15) is 23.9 Å². The normalized spacial score (nSPS) is 10.4. The molecule has 0 bridgehead atoms. The SMILES string of the molecule is CCn1nc(C)c(OCc2ccccc2)c1C(=N)N. The molecule has 1 aromatic carbocycles. The van der Waals surface area contributed by atoms with Crippen LogP contribution in [0, 0.1) is 12.3 Å². The van der Waals surface area contributed by atoms with Crippen molar-refractivity contribution in [2.75, 3.05) is 0 Å². The molecule has 5 nitrogen and oxygen atoms in total. The quantitative estimate of drug-likeness (QED) is 0.636. The standard InChI is InChI=1S/C14H18N4O/c1-3-18-12(14(15)16)13(10(2)17-18)19-9-11-7-5-4-6-8-11/h4-8H,3,9H2,1-2H3,(H3,15,16). The van der Waals surface area contributed by atoms with Gasteiger partial charge in [-0.25, -0.2) is 0 Å². The molecule has 1 heterocycles. The monoisotopic (exact) mass is 258 g/mol. The van der Waals surface area contributed by atoms with Crippen LogP contribution in [0.2, 0.25) is 0 Å². The minimum atomic E-state index is -0.0227. The Morgan fingerprint density at radius 2 is 2.05 bits per heavy atom. The number of aryl methyl sites for hydroxylation is 2. The predicted molar refractivity (Wildman–Crippen MR) is 74.4 cm³/mol. The van der Waals surface area contributed by atoms with E-state index < -0.39 is 0 Å². The van der Waals surface area contributed by atoms with Gasteiger partial charge in [0.2, 0.25) is 0 Å². The van der Waals surface area contributed by atoms with E-state index in [0.29, 0.717) is 24.6 Å². The molecule has 0 aliphatic rings. The molecule has 0 atom stereocenters. The Labute approximate surface area is 112 Å². The average Bonchev–Trinajstić information content (AvgIpc) is 2.74. The van der Waals surface area contributed by atoms with E-state index in [4.69, 9.17) is 15.9 Å². The number of amidine groups is 1. The fourth-order valence-electron chi connectivity index (χ4n) is 1.96. The van der Waals surface area contributed by atoms with Crippen molar-refractivity contribution in [3.8, 4) is 5.75 Å². The summed E-state index contributed by atoms with van der Waals surface area (Å²) in [5, 5.41) is 12.0. The molecule has 0 amide bonds. The molecule has 0 radical (unpaired) electrons. The van der Waals surface area contributed by atoms with Gasteiger partial charge in [-0.05, 0) is 19.4 Å². The number of nitrogens with two attached hydrogens (primary N) is 1. The lowest BCUT2D eigenvalue weighted by atomic mass is 10.2. The van der Waals surface area contributed by atoms with Gasteiger partial charge in [0.05, 0.1) is 0 Å². The smallest absolute Gasteiger partial charge is 0.171 e. The van der Waals surface area contributed by atoms with E-state index in [1.165, 1.54) is 0 Å². The van der Waals surface area contributed by atoms with Gasteiger partial charge >= 0.3 is 0 Å². The van der Waals surface area contributed by atoms with E-state index >= 15 is 0 Å². The second kappa shape index (κ2) is 5.56. The van der Waals surface area contributed by atoms with Gasteiger partial charge < -0.3 is 10.5 Å². The minimum Gasteiger partial charge on any atom is -0.485 e. The van der Waals surface area contributed by atoms with Crippen molar-refractivity contribution >= 4 is 5.84 Å². The Hall–Kier alpha value is -2.30. The summed E-state index contributed by atoms with van der Waals surface area (Å²) < 4.78 is 7.49. The zero-order chi connectivity index (χ0) is 13.8. The highest BCUT2D eigenvalue weighted by molar-refractivity contribution is 5.96. The third kappa shape index (κ3) is 2.76. The minimum absolute atomic E-state index is 0.0227. The summed E-state index contributed by atoms with van der Waals surface area (Å²) in [6.45, 7) is 4.92. The van der Waals surface area contributed by atoms with Crippen LogP contribution in [0.15, 0.2) is 30.3 Å². The maximum atomic E-state index is 7.65. The largest absolute Gasteiger partial charge is 0.485 e. The molecule has 0 spiro atoms. The summed E-state index contributed by atoms with van der Waals surface area (Å²) >= 11 is 0. The molecule has 0 fully saturated rings. The number of nitrogens with zero attached hydrogens (tertiary/aromatic N) is 2. The van der Waals surface area contributed by atoms with Gasteiger partial charge in [-0.3, -0.25) is 10.1 Å². The lowest BCUT2D eigenvalue weighted by Gasteiger charge is -2.08. The Morgan fingerprint density at radius 1 is 1.37 bits per heavy atom. The van der Waals surface area contributed by atoms with Crippen LogP contribution in [-0.4, -0.2) is 15.6 Å². The van der Waals surface area contributed by atoms with Gasteiger partial charge in [-0.2, -0.15) is 5.10 Å². The lowest BCUT2D eigenvalue weighted by Crippen LogP contribution is -2.18. The number of hydrogen-bond donors (Lipinski definition) is 2. The first-order valence-corrected chi connectivity index (χ1v) is 6.22. The molecule has 1 aromatic heterocycles. The van der Waals surface area contributed by atoms with E-state index in [1.54, 1.807) is 4.68 Å². The second-order valence-electron chi connectivity index (χ2n) is 4.27. The molecule has 2 aromatic rings. The molecule has 0 unspecified atom stereocenters. The molecule has 0 aliphatic carbocycles. The Morgan fingerprint density at radius 3 is 2.63 bits per heavy atom. The van der Waals surface area contributed by atoms with E-state index in [9.17, 15) is 0 Å². The molecular weight excluding hydrogens is 240 g/mol. The number of benzene rings is 1. The first-order valence-electron chi connectivity index (χ1n) is 6.22. The Bertz CT molecular complexity index is 575. The fraction of sp³-hybridized carbons (Fsp3) is 0.286. The van der Waals surface area contributed by atoms with Crippen molar-refractivity contribution in [2.45, 2.75) is 27.0 Å². The summed E-state index contributed by atoms with van der Waals surface area (Å²) in [6.07, 6.45) is 0. The number of hydrogen-bond acceptors (Lipinski definition) is 3. The highest BCUT2D eigenvalue weighted by atomic mass is 16.5. The molecular formula is C14H18N4O. The van der Waals surface area contributed by atoms with E-state index in [-0.39, 0.29) is 5.84 Å². The van der Waals surface area contributed by atoms with Gasteiger partial charge in [0.15, 0.2) is 5.75 Å². The average molecular weight is 258 g/mol. The maximum absolute atomic E-state index is 7.65. The molecule has 100 valence electrons.